The fourth-order valence-electron chi connectivity index (χ4n) is 3.44. The quantitative estimate of drug-likeness (QED) is 0.735. The normalized spacial score (nSPS) is 15.6. The Morgan fingerprint density at radius 2 is 1.88 bits per heavy atom. The molecule has 0 spiro atoms. The number of likely N-dealkylation sites (tertiary alicyclic amines) is 1. The van der Waals surface area contributed by atoms with Crippen molar-refractivity contribution in [3.63, 3.8) is 0 Å². The van der Waals surface area contributed by atoms with Crippen LogP contribution in [0.5, 0.6) is 0 Å². The van der Waals surface area contributed by atoms with E-state index in [1.54, 1.807) is 11.3 Å². The Kier molecular flexibility index (Phi) is 6.08. The monoisotopic (exact) mass is 341 g/mol. The number of carbonyl (C=O) groups excluding carboxylic acids is 1. The Labute approximate surface area is 149 Å². The maximum atomic E-state index is 12.3. The molecule has 0 unspecified atom stereocenters. The largest absolute Gasteiger partial charge is 0.343 e. The van der Waals surface area contributed by atoms with Gasteiger partial charge in [-0.25, -0.2) is 0 Å². The van der Waals surface area contributed by atoms with Crippen molar-refractivity contribution in [2.45, 2.75) is 45.4 Å². The first kappa shape index (κ1) is 17.2. The summed E-state index contributed by atoms with van der Waals surface area (Å²) in [6.07, 6.45) is 6.29. The number of amides is 1. The summed E-state index contributed by atoms with van der Waals surface area (Å²) in [5.41, 5.74) is 2.77. The third-order valence-electron chi connectivity index (χ3n) is 5.09. The number of benzene rings is 1. The number of aryl methyl sites for hydroxylation is 3. The average Bonchev–Trinajstić information content (AvgIpc) is 3.13. The lowest BCUT2D eigenvalue weighted by Crippen LogP contribution is -2.38. The fraction of sp³-hybridized carbons (Fsp3) is 0.476. The van der Waals surface area contributed by atoms with Gasteiger partial charge in [-0.05, 0) is 62.0 Å². The number of rotatable bonds is 6. The van der Waals surface area contributed by atoms with Crippen LogP contribution in [-0.2, 0) is 17.6 Å². The predicted octanol–water partition coefficient (Wildman–Crippen LogP) is 4.86. The van der Waals surface area contributed by atoms with Crippen LogP contribution in [0, 0.1) is 12.8 Å². The van der Waals surface area contributed by atoms with Crippen molar-refractivity contribution in [2.75, 3.05) is 13.1 Å². The predicted molar refractivity (Wildman–Crippen MR) is 101 cm³/mol. The van der Waals surface area contributed by atoms with Crippen LogP contribution in [-0.4, -0.2) is 23.9 Å². The number of hydrogen-bond donors (Lipinski definition) is 0. The molecule has 3 rings (SSSR count). The number of thiophene rings is 1. The maximum Gasteiger partial charge on any atom is 0.222 e. The summed E-state index contributed by atoms with van der Waals surface area (Å²) in [4.78, 5) is 15.7. The standard InChI is InChI=1S/C21H27NOS/c1-17-4-6-18(7-5-17)8-9-19-12-14-22(15-13-19)21(23)11-10-20-3-2-16-24-20/h2-7,16,19H,8-15H2,1H3. The molecule has 0 aliphatic carbocycles. The van der Waals surface area contributed by atoms with Crippen molar-refractivity contribution < 1.29 is 4.79 Å². The second-order valence-corrected chi connectivity index (χ2v) is 7.96. The summed E-state index contributed by atoms with van der Waals surface area (Å²) in [5.74, 6) is 1.10. The van der Waals surface area contributed by atoms with Crippen molar-refractivity contribution in [3.8, 4) is 0 Å². The SMILES string of the molecule is Cc1ccc(CCC2CCN(C(=O)CCc3cccs3)CC2)cc1. The van der Waals surface area contributed by atoms with Crippen molar-refractivity contribution >= 4 is 17.2 Å². The first-order chi connectivity index (χ1) is 11.7. The molecule has 2 aromatic rings. The van der Waals surface area contributed by atoms with E-state index in [-0.39, 0.29) is 0 Å². The molecule has 1 amide bonds. The van der Waals surface area contributed by atoms with Gasteiger partial charge in [0.2, 0.25) is 5.91 Å². The molecular weight excluding hydrogens is 314 g/mol. The minimum atomic E-state index is 0.334. The lowest BCUT2D eigenvalue weighted by Gasteiger charge is -2.32. The first-order valence-corrected chi connectivity index (χ1v) is 9.94. The van der Waals surface area contributed by atoms with Gasteiger partial charge in [-0.1, -0.05) is 35.9 Å². The van der Waals surface area contributed by atoms with Gasteiger partial charge in [0.15, 0.2) is 0 Å². The minimum Gasteiger partial charge on any atom is -0.343 e. The van der Waals surface area contributed by atoms with E-state index in [9.17, 15) is 4.79 Å². The second kappa shape index (κ2) is 8.48. The molecule has 0 bridgehead atoms. The molecule has 1 aliphatic heterocycles. The van der Waals surface area contributed by atoms with Crippen molar-refractivity contribution in [1.29, 1.82) is 0 Å². The zero-order valence-corrected chi connectivity index (χ0v) is 15.4. The van der Waals surface area contributed by atoms with E-state index in [0.717, 1.165) is 44.7 Å². The summed E-state index contributed by atoms with van der Waals surface area (Å²) < 4.78 is 0. The highest BCUT2D eigenvalue weighted by molar-refractivity contribution is 7.09. The van der Waals surface area contributed by atoms with Gasteiger partial charge >= 0.3 is 0 Å². The molecule has 128 valence electrons. The first-order valence-electron chi connectivity index (χ1n) is 9.06. The highest BCUT2D eigenvalue weighted by Crippen LogP contribution is 2.23. The molecule has 0 N–H and O–H groups in total. The molecule has 1 aliphatic rings. The van der Waals surface area contributed by atoms with Crippen molar-refractivity contribution in [1.82, 2.24) is 4.90 Å². The van der Waals surface area contributed by atoms with Gasteiger partial charge in [-0.2, -0.15) is 0 Å². The van der Waals surface area contributed by atoms with Crippen LogP contribution in [0.2, 0.25) is 0 Å². The van der Waals surface area contributed by atoms with Crippen LogP contribution >= 0.6 is 11.3 Å². The molecule has 2 heterocycles. The second-order valence-electron chi connectivity index (χ2n) is 6.93. The summed E-state index contributed by atoms with van der Waals surface area (Å²) in [6, 6.07) is 13.1. The molecule has 3 heteroatoms. The molecule has 2 nitrogen and oxygen atoms in total. The van der Waals surface area contributed by atoms with Gasteiger partial charge < -0.3 is 4.90 Å². The molecule has 0 radical (unpaired) electrons. The number of piperidine rings is 1. The van der Waals surface area contributed by atoms with Crippen molar-refractivity contribution in [3.05, 3.63) is 57.8 Å². The van der Waals surface area contributed by atoms with Gasteiger partial charge in [-0.15, -0.1) is 11.3 Å². The molecule has 1 aromatic carbocycles. The third-order valence-corrected chi connectivity index (χ3v) is 6.03. The van der Waals surface area contributed by atoms with Crippen molar-refractivity contribution in [2.24, 2.45) is 5.92 Å². The number of carbonyl (C=O) groups is 1. The van der Waals surface area contributed by atoms with Crippen LogP contribution in [0.3, 0.4) is 0 Å². The van der Waals surface area contributed by atoms with E-state index < -0.39 is 0 Å². The van der Waals surface area contributed by atoms with E-state index in [4.69, 9.17) is 0 Å². The van der Waals surface area contributed by atoms with Crippen LogP contribution in [0.25, 0.3) is 0 Å². The zero-order chi connectivity index (χ0) is 16.8. The maximum absolute atomic E-state index is 12.3. The molecule has 1 aromatic heterocycles. The molecule has 24 heavy (non-hydrogen) atoms. The Hall–Kier alpha value is -1.61. The topological polar surface area (TPSA) is 20.3 Å². The number of nitrogens with zero attached hydrogens (tertiary/aromatic N) is 1. The summed E-state index contributed by atoms with van der Waals surface area (Å²) in [5, 5.41) is 2.08. The molecule has 0 atom stereocenters. The van der Waals surface area contributed by atoms with Gasteiger partial charge in [0, 0.05) is 24.4 Å². The third kappa shape index (κ3) is 4.94. The minimum absolute atomic E-state index is 0.334. The Morgan fingerprint density at radius 3 is 2.54 bits per heavy atom. The lowest BCUT2D eigenvalue weighted by molar-refractivity contribution is -0.132. The molecule has 0 saturated carbocycles. The van der Waals surface area contributed by atoms with E-state index in [0.29, 0.717) is 12.3 Å². The average molecular weight is 342 g/mol. The van der Waals surface area contributed by atoms with Gasteiger partial charge in [0.1, 0.15) is 0 Å². The highest BCUT2D eigenvalue weighted by atomic mass is 32.1. The smallest absolute Gasteiger partial charge is 0.222 e. The number of hydrogen-bond acceptors (Lipinski definition) is 2. The Morgan fingerprint density at radius 1 is 1.12 bits per heavy atom. The van der Waals surface area contributed by atoms with Crippen LogP contribution in [0.15, 0.2) is 41.8 Å². The van der Waals surface area contributed by atoms with Crippen LogP contribution in [0.1, 0.15) is 41.7 Å². The lowest BCUT2D eigenvalue weighted by atomic mass is 9.90. The zero-order valence-electron chi connectivity index (χ0n) is 14.5. The highest BCUT2D eigenvalue weighted by Gasteiger charge is 2.22. The van der Waals surface area contributed by atoms with E-state index in [1.807, 2.05) is 0 Å². The molecular formula is C21H27NOS. The van der Waals surface area contributed by atoms with Gasteiger partial charge in [0.05, 0.1) is 0 Å². The Bertz CT molecular complexity index is 624. The van der Waals surface area contributed by atoms with E-state index in [2.05, 4.69) is 53.6 Å². The Balaban J connectivity index is 1.37. The summed E-state index contributed by atoms with van der Waals surface area (Å²) >= 11 is 1.75. The van der Waals surface area contributed by atoms with E-state index >= 15 is 0 Å². The fourth-order valence-corrected chi connectivity index (χ4v) is 4.15. The summed E-state index contributed by atoms with van der Waals surface area (Å²) in [6.45, 7) is 4.03. The van der Waals surface area contributed by atoms with Gasteiger partial charge in [-0.3, -0.25) is 4.79 Å². The molecule has 1 saturated heterocycles. The molecule has 1 fully saturated rings. The van der Waals surface area contributed by atoms with Gasteiger partial charge in [0.25, 0.3) is 0 Å². The van der Waals surface area contributed by atoms with E-state index in [1.165, 1.54) is 22.4 Å². The van der Waals surface area contributed by atoms with Crippen LogP contribution < -0.4 is 0 Å². The van der Waals surface area contributed by atoms with Crippen LogP contribution in [0.4, 0.5) is 0 Å². The summed E-state index contributed by atoms with van der Waals surface area (Å²) in [7, 11) is 0.